The molecule has 0 spiro atoms. The highest BCUT2D eigenvalue weighted by molar-refractivity contribution is 6.39. The molecule has 1 aromatic rings. The molecular weight excluding hydrogens is 303 g/mol. The van der Waals surface area contributed by atoms with Gasteiger partial charge in [0.05, 0.1) is 6.10 Å². The van der Waals surface area contributed by atoms with Crippen LogP contribution >= 0.6 is 11.6 Å². The minimum Gasteiger partial charge on any atom is -0.403 e. The van der Waals surface area contributed by atoms with Crippen LogP contribution < -0.4 is 11.2 Å². The van der Waals surface area contributed by atoms with Crippen LogP contribution in [-0.4, -0.2) is 60.7 Å². The fourth-order valence-corrected chi connectivity index (χ4v) is 2.07. The highest BCUT2D eigenvalue weighted by Gasteiger charge is 2.60. The third-order valence-electron chi connectivity index (χ3n) is 3.13. The van der Waals surface area contributed by atoms with Gasteiger partial charge in [-0.1, -0.05) is 11.6 Å². The highest BCUT2D eigenvalue weighted by Crippen LogP contribution is 2.44. The average Bonchev–Trinajstić information content (AvgIpc) is 2.55. The monoisotopic (exact) mass is 310 g/mol. The number of hydrogen-bond donors (Lipinski definition) is 3. The molecule has 0 saturated carbocycles. The smallest absolute Gasteiger partial charge is 0.330 e. The molecular formula is C9H7B3ClFN2O5. The minimum absolute atomic E-state index is 0.456. The van der Waals surface area contributed by atoms with Gasteiger partial charge in [-0.2, -0.15) is 0 Å². The van der Waals surface area contributed by atoms with Crippen LogP contribution in [0.25, 0.3) is 0 Å². The van der Waals surface area contributed by atoms with Gasteiger partial charge in [0.1, 0.15) is 34.2 Å². The van der Waals surface area contributed by atoms with E-state index in [9.17, 15) is 24.2 Å². The summed E-state index contributed by atoms with van der Waals surface area (Å²) in [4.78, 5) is 24.7. The second-order valence-corrected chi connectivity index (χ2v) is 5.14. The predicted molar refractivity (Wildman–Crippen MR) is 72.1 cm³/mol. The van der Waals surface area contributed by atoms with Crippen molar-refractivity contribution >= 4 is 35.1 Å². The predicted octanol–water partition coefficient (Wildman–Crippen LogP) is -2.60. The molecule has 2 rings (SSSR count). The third kappa shape index (κ3) is 2.48. The normalized spacial score (nSPS) is 33.2. The lowest BCUT2D eigenvalue weighted by Crippen LogP contribution is -2.55. The molecule has 1 aliphatic rings. The maximum Gasteiger partial charge on any atom is 0.330 e. The molecule has 7 nitrogen and oxygen atoms in total. The number of rotatable bonds is 2. The Morgan fingerprint density at radius 3 is 2.62 bits per heavy atom. The van der Waals surface area contributed by atoms with Crippen molar-refractivity contribution in [3.8, 4) is 0 Å². The molecule has 3 atom stereocenters. The third-order valence-corrected chi connectivity index (χ3v) is 3.40. The molecule has 106 valence electrons. The molecule has 1 saturated heterocycles. The molecule has 0 bridgehead atoms. The molecule has 21 heavy (non-hydrogen) atoms. The first-order chi connectivity index (χ1) is 9.41. The second kappa shape index (κ2) is 4.74. The van der Waals surface area contributed by atoms with Gasteiger partial charge in [-0.15, -0.1) is 0 Å². The summed E-state index contributed by atoms with van der Waals surface area (Å²) in [7, 11) is 15.7. The van der Waals surface area contributed by atoms with Gasteiger partial charge in [0, 0.05) is 18.0 Å². The van der Waals surface area contributed by atoms with Crippen molar-refractivity contribution in [3.63, 3.8) is 0 Å². The largest absolute Gasteiger partial charge is 0.403 e. The molecule has 1 aromatic heterocycles. The highest BCUT2D eigenvalue weighted by atomic mass is 35.5. The van der Waals surface area contributed by atoms with Crippen LogP contribution in [0.5, 0.6) is 0 Å². The minimum atomic E-state index is -3.14. The van der Waals surface area contributed by atoms with Gasteiger partial charge in [0.15, 0.2) is 0 Å². The summed E-state index contributed by atoms with van der Waals surface area (Å²) in [6.45, 7) is 0. The number of hydrogen-bond acceptors (Lipinski definition) is 5. The van der Waals surface area contributed by atoms with Gasteiger partial charge < -0.3 is 14.9 Å². The zero-order chi connectivity index (χ0) is 16.2. The number of aliphatic hydroxyl groups is 2. The number of halogens is 2. The first-order valence-corrected chi connectivity index (χ1v) is 5.96. The number of nitrogens with zero attached hydrogens (tertiary/aromatic N) is 1. The Hall–Kier alpha value is -1.03. The number of aromatic nitrogens is 2. The Kier molecular flexibility index (Phi) is 3.69. The molecule has 0 unspecified atom stereocenters. The summed E-state index contributed by atoms with van der Waals surface area (Å²) in [5.74, 6) is -3.14. The van der Waals surface area contributed by atoms with E-state index >= 15 is 0 Å². The van der Waals surface area contributed by atoms with Gasteiger partial charge in [-0.05, 0) is 0 Å². The van der Waals surface area contributed by atoms with E-state index in [0.717, 1.165) is 6.20 Å². The van der Waals surface area contributed by atoms with E-state index in [1.165, 1.54) is 0 Å². The Bertz CT molecular complexity index is 691. The van der Waals surface area contributed by atoms with Crippen LogP contribution in [0.4, 0.5) is 4.39 Å². The van der Waals surface area contributed by atoms with E-state index in [-0.39, 0.29) is 0 Å². The van der Waals surface area contributed by atoms with Gasteiger partial charge in [-0.25, -0.2) is 9.18 Å². The zero-order valence-electron chi connectivity index (χ0n) is 10.4. The van der Waals surface area contributed by atoms with Crippen LogP contribution in [0.1, 0.15) is 6.42 Å². The quantitative estimate of drug-likeness (QED) is 0.520. The van der Waals surface area contributed by atoms with Crippen LogP contribution in [0.15, 0.2) is 15.8 Å². The fraction of sp³-hybridized carbons (Fsp3) is 0.556. The van der Waals surface area contributed by atoms with E-state index in [2.05, 4.69) is 0 Å². The van der Waals surface area contributed by atoms with Crippen molar-refractivity contribution in [2.75, 3.05) is 0 Å². The van der Waals surface area contributed by atoms with Gasteiger partial charge in [0.25, 0.3) is 5.56 Å². The molecule has 1 fully saturated rings. The zero-order valence-corrected chi connectivity index (χ0v) is 11.2. The van der Waals surface area contributed by atoms with Crippen molar-refractivity contribution in [3.05, 3.63) is 32.1 Å². The SMILES string of the molecule is [B]C([B])(O)[C@]1(F)C[C@@H](O)[C@]([B])(n2cc(Cl)c(=O)[nH]c2=O)O1. The van der Waals surface area contributed by atoms with Crippen molar-refractivity contribution in [2.45, 2.75) is 29.4 Å². The standard InChI is InChI=1S/C9H7B3ClFN2O5/c10-8(16-2-3(13)5(18)15-6(16)19)4(17)1-7(14,21-8)9(11,12)20/h2,4,17,20H,1H2,(H,15,18,19)/t4-,7+,8+/m1/s1. The summed E-state index contributed by atoms with van der Waals surface area (Å²) in [6, 6.07) is 0. The molecule has 0 amide bonds. The molecule has 12 heteroatoms. The summed E-state index contributed by atoms with van der Waals surface area (Å²) in [5, 5.41) is 15.8. The lowest BCUT2D eigenvalue weighted by Gasteiger charge is -2.36. The number of aliphatic hydroxyl groups excluding tert-OH is 1. The lowest BCUT2D eigenvalue weighted by molar-refractivity contribution is -0.222. The molecule has 3 N–H and O–H groups in total. The van der Waals surface area contributed by atoms with E-state index in [1.807, 2.05) is 0 Å². The van der Waals surface area contributed by atoms with Crippen LogP contribution in [-0.2, 0) is 10.4 Å². The number of alkyl halides is 1. The summed E-state index contributed by atoms with van der Waals surface area (Å²) in [5.41, 5.74) is -4.51. The lowest BCUT2D eigenvalue weighted by atomic mass is 9.60. The summed E-state index contributed by atoms with van der Waals surface area (Å²) >= 11 is 5.55. The van der Waals surface area contributed by atoms with Crippen LogP contribution in [0.2, 0.25) is 5.02 Å². The van der Waals surface area contributed by atoms with Crippen LogP contribution in [0.3, 0.4) is 0 Å². The Labute approximate surface area is 126 Å². The second-order valence-electron chi connectivity index (χ2n) is 4.73. The van der Waals surface area contributed by atoms with Crippen molar-refractivity contribution < 1.29 is 19.3 Å². The molecule has 1 aliphatic heterocycles. The molecule has 6 radical (unpaired) electrons. The molecule has 0 aromatic carbocycles. The van der Waals surface area contributed by atoms with Gasteiger partial charge in [-0.3, -0.25) is 14.3 Å². The van der Waals surface area contributed by atoms with Crippen molar-refractivity contribution in [1.82, 2.24) is 9.55 Å². The maximum absolute atomic E-state index is 14.4. The first kappa shape index (κ1) is 16.3. The fourth-order valence-electron chi connectivity index (χ4n) is 1.93. The summed E-state index contributed by atoms with van der Waals surface area (Å²) < 4.78 is 19.6. The number of nitrogens with one attached hydrogen (secondary N) is 1. The number of H-pyrrole nitrogens is 1. The number of ether oxygens (including phenoxy) is 1. The molecule has 2 heterocycles. The van der Waals surface area contributed by atoms with E-state index in [1.54, 1.807) is 4.98 Å². The van der Waals surface area contributed by atoms with Gasteiger partial charge >= 0.3 is 5.69 Å². The molecule has 0 aliphatic carbocycles. The Balaban J connectivity index is 2.57. The van der Waals surface area contributed by atoms with E-state index in [4.69, 9.17) is 39.9 Å². The first-order valence-electron chi connectivity index (χ1n) is 5.59. The van der Waals surface area contributed by atoms with E-state index in [0.29, 0.717) is 4.57 Å². The summed E-state index contributed by atoms with van der Waals surface area (Å²) in [6.07, 6.45) is -1.99. The van der Waals surface area contributed by atoms with E-state index < -0.39 is 45.7 Å². The Morgan fingerprint density at radius 1 is 1.57 bits per heavy atom. The van der Waals surface area contributed by atoms with Gasteiger partial charge in [0.2, 0.25) is 5.85 Å². The average molecular weight is 310 g/mol. The Morgan fingerprint density at radius 2 is 2.14 bits per heavy atom. The topological polar surface area (TPSA) is 105 Å². The van der Waals surface area contributed by atoms with Crippen molar-refractivity contribution in [2.24, 2.45) is 0 Å². The number of aromatic amines is 1. The van der Waals surface area contributed by atoms with Crippen LogP contribution in [0, 0.1) is 0 Å². The van der Waals surface area contributed by atoms with Crippen molar-refractivity contribution in [1.29, 1.82) is 0 Å². The maximum atomic E-state index is 14.4.